The SMILES string of the molecule is COc1cc(C=CC(=O)NC(C)C(=O)NCc2ccccc2)ccc1OCc1c(C)noc1C. The van der Waals surface area contributed by atoms with Gasteiger partial charge in [0.25, 0.3) is 0 Å². The molecule has 1 aromatic heterocycles. The van der Waals surface area contributed by atoms with E-state index in [0.29, 0.717) is 30.4 Å². The molecule has 1 unspecified atom stereocenters. The Hall–Kier alpha value is -4.07. The van der Waals surface area contributed by atoms with E-state index in [1.165, 1.54) is 6.08 Å². The van der Waals surface area contributed by atoms with Gasteiger partial charge in [-0.15, -0.1) is 0 Å². The normalized spacial score (nSPS) is 11.8. The van der Waals surface area contributed by atoms with Crippen molar-refractivity contribution >= 4 is 17.9 Å². The third-order valence-electron chi connectivity index (χ3n) is 5.23. The lowest BCUT2D eigenvalue weighted by Crippen LogP contribution is -2.44. The Morgan fingerprint density at radius 1 is 1.12 bits per heavy atom. The second-order valence-electron chi connectivity index (χ2n) is 7.77. The number of carbonyl (C=O) groups is 2. The molecule has 8 nitrogen and oxygen atoms in total. The predicted octanol–water partition coefficient (Wildman–Crippen LogP) is 3.71. The van der Waals surface area contributed by atoms with Gasteiger partial charge in [-0.05, 0) is 50.1 Å². The van der Waals surface area contributed by atoms with Crippen LogP contribution in [0.3, 0.4) is 0 Å². The van der Waals surface area contributed by atoms with E-state index in [1.54, 1.807) is 32.2 Å². The molecule has 178 valence electrons. The standard InChI is InChI=1S/C26H29N3O5/c1-17-22(19(3)34-29-17)16-33-23-12-10-20(14-24(23)32-4)11-13-25(30)28-18(2)26(31)27-15-21-8-6-5-7-9-21/h5-14,18H,15-16H2,1-4H3,(H,27,31)(H,28,30). The Kier molecular flexibility index (Phi) is 8.45. The average molecular weight is 464 g/mol. The highest BCUT2D eigenvalue weighted by atomic mass is 16.5. The first-order valence-electron chi connectivity index (χ1n) is 10.9. The van der Waals surface area contributed by atoms with Crippen molar-refractivity contribution in [3.05, 3.63) is 82.8 Å². The summed E-state index contributed by atoms with van der Waals surface area (Å²) in [6.45, 7) is 6.04. The van der Waals surface area contributed by atoms with E-state index in [1.807, 2.05) is 50.2 Å². The summed E-state index contributed by atoms with van der Waals surface area (Å²) in [6, 6.07) is 14.3. The van der Waals surface area contributed by atoms with Crippen LogP contribution in [0, 0.1) is 13.8 Å². The number of rotatable bonds is 10. The number of aryl methyl sites for hydroxylation is 2. The molecule has 3 rings (SSSR count). The lowest BCUT2D eigenvalue weighted by molar-refractivity contribution is -0.126. The monoisotopic (exact) mass is 463 g/mol. The van der Waals surface area contributed by atoms with Crippen molar-refractivity contribution in [2.45, 2.75) is 40.0 Å². The van der Waals surface area contributed by atoms with Gasteiger partial charge in [0, 0.05) is 12.6 Å². The number of hydrogen-bond acceptors (Lipinski definition) is 6. The molecule has 2 aromatic carbocycles. The summed E-state index contributed by atoms with van der Waals surface area (Å²) >= 11 is 0. The number of hydrogen-bond donors (Lipinski definition) is 2. The van der Waals surface area contributed by atoms with Crippen molar-refractivity contribution < 1.29 is 23.6 Å². The number of amides is 2. The number of nitrogens with zero attached hydrogens (tertiary/aromatic N) is 1. The molecule has 0 radical (unpaired) electrons. The number of ether oxygens (including phenoxy) is 2. The van der Waals surface area contributed by atoms with Crippen LogP contribution >= 0.6 is 0 Å². The minimum Gasteiger partial charge on any atom is -0.493 e. The van der Waals surface area contributed by atoms with Crippen molar-refractivity contribution in [1.82, 2.24) is 15.8 Å². The summed E-state index contributed by atoms with van der Waals surface area (Å²) in [5.41, 5.74) is 3.41. The highest BCUT2D eigenvalue weighted by Gasteiger charge is 2.14. The molecule has 1 atom stereocenters. The summed E-state index contributed by atoms with van der Waals surface area (Å²) in [5, 5.41) is 9.40. The molecular formula is C26H29N3O5. The molecule has 0 aliphatic heterocycles. The largest absolute Gasteiger partial charge is 0.493 e. The predicted molar refractivity (Wildman–Crippen MR) is 128 cm³/mol. The third-order valence-corrected chi connectivity index (χ3v) is 5.23. The molecule has 1 heterocycles. The van der Waals surface area contributed by atoms with Gasteiger partial charge in [0.2, 0.25) is 11.8 Å². The molecule has 2 N–H and O–H groups in total. The van der Waals surface area contributed by atoms with Crippen molar-refractivity contribution in [2.24, 2.45) is 0 Å². The minimum absolute atomic E-state index is 0.257. The summed E-state index contributed by atoms with van der Waals surface area (Å²) in [7, 11) is 1.55. The van der Waals surface area contributed by atoms with Crippen LogP contribution in [0.5, 0.6) is 11.5 Å². The number of benzene rings is 2. The first kappa shape index (κ1) is 24.6. The number of nitrogens with one attached hydrogen (secondary N) is 2. The smallest absolute Gasteiger partial charge is 0.244 e. The third kappa shape index (κ3) is 6.71. The van der Waals surface area contributed by atoms with Crippen LogP contribution in [0.15, 0.2) is 59.1 Å². The number of carbonyl (C=O) groups excluding carboxylic acids is 2. The molecular weight excluding hydrogens is 434 g/mol. The van der Waals surface area contributed by atoms with Gasteiger partial charge in [0.15, 0.2) is 11.5 Å². The van der Waals surface area contributed by atoms with Gasteiger partial charge in [-0.2, -0.15) is 0 Å². The van der Waals surface area contributed by atoms with E-state index < -0.39 is 6.04 Å². The fourth-order valence-corrected chi connectivity index (χ4v) is 3.20. The Morgan fingerprint density at radius 3 is 2.56 bits per heavy atom. The minimum atomic E-state index is -0.671. The molecule has 34 heavy (non-hydrogen) atoms. The summed E-state index contributed by atoms with van der Waals surface area (Å²) in [4.78, 5) is 24.5. The first-order valence-corrected chi connectivity index (χ1v) is 10.9. The molecule has 0 saturated carbocycles. The number of methoxy groups -OCH3 is 1. The number of aromatic nitrogens is 1. The van der Waals surface area contributed by atoms with Crippen LogP contribution in [0.2, 0.25) is 0 Å². The Morgan fingerprint density at radius 2 is 1.88 bits per heavy atom. The molecule has 0 saturated heterocycles. The highest BCUT2D eigenvalue weighted by Crippen LogP contribution is 2.30. The topological polar surface area (TPSA) is 103 Å². The van der Waals surface area contributed by atoms with E-state index >= 15 is 0 Å². The summed E-state index contributed by atoms with van der Waals surface area (Å²) in [6.07, 6.45) is 3.02. The average Bonchev–Trinajstić information content (AvgIpc) is 3.17. The van der Waals surface area contributed by atoms with Crippen LogP contribution in [0.1, 0.15) is 35.1 Å². The van der Waals surface area contributed by atoms with Crippen molar-refractivity contribution in [1.29, 1.82) is 0 Å². The quantitative estimate of drug-likeness (QED) is 0.445. The van der Waals surface area contributed by atoms with Gasteiger partial charge < -0.3 is 24.6 Å². The molecule has 0 spiro atoms. The van der Waals surface area contributed by atoms with Crippen molar-refractivity contribution in [3.63, 3.8) is 0 Å². The van der Waals surface area contributed by atoms with E-state index in [2.05, 4.69) is 15.8 Å². The zero-order chi connectivity index (χ0) is 24.5. The Labute approximate surface area is 198 Å². The molecule has 8 heteroatoms. The molecule has 0 bridgehead atoms. The van der Waals surface area contributed by atoms with E-state index in [9.17, 15) is 9.59 Å². The maximum absolute atomic E-state index is 12.3. The zero-order valence-electron chi connectivity index (χ0n) is 19.8. The van der Waals surface area contributed by atoms with Gasteiger partial charge >= 0.3 is 0 Å². The fourth-order valence-electron chi connectivity index (χ4n) is 3.20. The van der Waals surface area contributed by atoms with Gasteiger partial charge in [-0.3, -0.25) is 9.59 Å². The maximum atomic E-state index is 12.3. The van der Waals surface area contributed by atoms with Gasteiger partial charge in [-0.25, -0.2) is 0 Å². The lowest BCUT2D eigenvalue weighted by atomic mass is 10.1. The van der Waals surface area contributed by atoms with Crippen LogP contribution in [0.4, 0.5) is 0 Å². The highest BCUT2D eigenvalue weighted by molar-refractivity contribution is 5.95. The molecule has 3 aromatic rings. The lowest BCUT2D eigenvalue weighted by Gasteiger charge is -2.13. The summed E-state index contributed by atoms with van der Waals surface area (Å²) < 4.78 is 16.5. The van der Waals surface area contributed by atoms with E-state index in [-0.39, 0.29) is 11.8 Å². The van der Waals surface area contributed by atoms with Crippen LogP contribution in [0.25, 0.3) is 6.08 Å². The zero-order valence-corrected chi connectivity index (χ0v) is 19.8. The first-order chi connectivity index (χ1) is 16.4. The fraction of sp³-hybridized carbons (Fsp3) is 0.269. The van der Waals surface area contributed by atoms with Crippen LogP contribution < -0.4 is 20.1 Å². The van der Waals surface area contributed by atoms with Crippen LogP contribution in [-0.2, 0) is 22.7 Å². The maximum Gasteiger partial charge on any atom is 0.244 e. The van der Waals surface area contributed by atoms with Crippen LogP contribution in [-0.4, -0.2) is 30.1 Å². The molecule has 0 fully saturated rings. The van der Waals surface area contributed by atoms with E-state index in [0.717, 1.165) is 22.4 Å². The molecule has 0 aliphatic carbocycles. The van der Waals surface area contributed by atoms with Gasteiger partial charge in [0.1, 0.15) is 18.4 Å². The summed E-state index contributed by atoms with van der Waals surface area (Å²) in [5.74, 6) is 1.17. The van der Waals surface area contributed by atoms with E-state index in [4.69, 9.17) is 14.0 Å². The van der Waals surface area contributed by atoms with Crippen molar-refractivity contribution in [2.75, 3.05) is 7.11 Å². The Bertz CT molecular complexity index is 1130. The molecule has 2 amide bonds. The molecule has 0 aliphatic rings. The Balaban J connectivity index is 1.53. The van der Waals surface area contributed by atoms with Gasteiger partial charge in [0.05, 0.1) is 18.4 Å². The van der Waals surface area contributed by atoms with Crippen molar-refractivity contribution in [3.8, 4) is 11.5 Å². The van der Waals surface area contributed by atoms with Gasteiger partial charge in [-0.1, -0.05) is 41.6 Å². The second-order valence-corrected chi connectivity index (χ2v) is 7.77. The second kappa shape index (κ2) is 11.7.